The van der Waals surface area contributed by atoms with Gasteiger partial charge in [-0.1, -0.05) is 36.4 Å². The molecule has 0 aliphatic rings. The van der Waals surface area contributed by atoms with Gasteiger partial charge in [0.05, 0.1) is 21.2 Å². The molecule has 0 radical (unpaired) electrons. The molecule has 4 rings (SSSR count). The van der Waals surface area contributed by atoms with E-state index in [9.17, 15) is 18.6 Å². The zero-order valence-corrected chi connectivity index (χ0v) is 18.2. The summed E-state index contributed by atoms with van der Waals surface area (Å²) < 4.78 is 26.1. The van der Waals surface area contributed by atoms with Crippen LogP contribution in [0, 0.1) is 0 Å². The van der Waals surface area contributed by atoms with Gasteiger partial charge in [0, 0.05) is 23.6 Å². The van der Waals surface area contributed by atoms with Crippen molar-refractivity contribution >= 4 is 33.6 Å². The van der Waals surface area contributed by atoms with E-state index < -0.39 is 9.84 Å². The maximum absolute atomic E-state index is 13.0. The number of aromatic hydroxyl groups is 2. The van der Waals surface area contributed by atoms with E-state index in [-0.39, 0.29) is 21.3 Å². The Bertz CT molecular complexity index is 1330. The molecule has 0 fully saturated rings. The molecular weight excluding hydrogens is 436 g/mol. The van der Waals surface area contributed by atoms with Crippen LogP contribution >= 0.6 is 0 Å². The van der Waals surface area contributed by atoms with Gasteiger partial charge in [0.1, 0.15) is 11.5 Å². The molecule has 0 spiro atoms. The van der Waals surface area contributed by atoms with Crippen molar-refractivity contribution in [3.8, 4) is 11.5 Å². The van der Waals surface area contributed by atoms with Crippen molar-refractivity contribution in [1.29, 1.82) is 0 Å². The van der Waals surface area contributed by atoms with E-state index in [2.05, 4.69) is 9.98 Å². The summed E-state index contributed by atoms with van der Waals surface area (Å²) in [6, 6.07) is 26.5. The Morgan fingerprint density at radius 3 is 1.33 bits per heavy atom. The first kappa shape index (κ1) is 22.0. The largest absolute Gasteiger partial charge is 0.507 e. The topological polar surface area (TPSA) is 99.3 Å². The highest BCUT2D eigenvalue weighted by molar-refractivity contribution is 7.91. The van der Waals surface area contributed by atoms with Gasteiger partial charge in [-0.15, -0.1) is 0 Å². The van der Waals surface area contributed by atoms with Crippen molar-refractivity contribution in [2.24, 2.45) is 9.98 Å². The Balaban J connectivity index is 1.57. The summed E-state index contributed by atoms with van der Waals surface area (Å²) in [4.78, 5) is 8.35. The van der Waals surface area contributed by atoms with Crippen LogP contribution in [0.15, 0.2) is 117 Å². The number of para-hydroxylation sites is 2. The van der Waals surface area contributed by atoms with Gasteiger partial charge in [-0.05, 0) is 60.7 Å². The van der Waals surface area contributed by atoms with Crippen molar-refractivity contribution in [2.75, 3.05) is 0 Å². The molecule has 0 saturated carbocycles. The minimum atomic E-state index is -3.96. The van der Waals surface area contributed by atoms with Crippen molar-refractivity contribution in [1.82, 2.24) is 0 Å². The predicted molar refractivity (Wildman–Crippen MR) is 129 cm³/mol. The van der Waals surface area contributed by atoms with Gasteiger partial charge in [-0.25, -0.2) is 8.42 Å². The molecule has 0 aliphatic carbocycles. The minimum Gasteiger partial charge on any atom is -0.507 e. The van der Waals surface area contributed by atoms with Gasteiger partial charge in [-0.2, -0.15) is 0 Å². The highest BCUT2D eigenvalue weighted by atomic mass is 32.2. The quantitative estimate of drug-likeness (QED) is 0.378. The number of phenols is 2. The molecule has 0 heterocycles. The number of nitrogens with zero attached hydrogens (tertiary/aromatic N) is 2. The molecule has 4 aromatic carbocycles. The molecule has 0 bridgehead atoms. The van der Waals surface area contributed by atoms with Crippen LogP contribution in [-0.2, 0) is 9.84 Å². The van der Waals surface area contributed by atoms with Crippen LogP contribution < -0.4 is 0 Å². The van der Waals surface area contributed by atoms with Crippen LogP contribution in [0.3, 0.4) is 0 Å². The maximum atomic E-state index is 13.0. The molecule has 7 heteroatoms. The van der Waals surface area contributed by atoms with Crippen LogP contribution in [0.2, 0.25) is 0 Å². The predicted octanol–water partition coefficient (Wildman–Crippen LogP) is 5.43. The molecule has 2 N–H and O–H groups in total. The third kappa shape index (κ3) is 5.16. The normalized spacial score (nSPS) is 11.9. The first-order valence-electron chi connectivity index (χ1n) is 10.0. The Morgan fingerprint density at radius 2 is 0.970 bits per heavy atom. The second-order valence-corrected chi connectivity index (χ2v) is 9.08. The number of hydrogen-bond acceptors (Lipinski definition) is 6. The number of phenolic OH excluding ortho intramolecular Hbond substituents is 2. The SMILES string of the molecule is O=S(=O)(c1ccc(C=Nc2ccccc2)c(O)c1)c1ccc(C=Nc2ccccc2)c(O)c1. The van der Waals surface area contributed by atoms with Crippen molar-refractivity contribution in [3.63, 3.8) is 0 Å². The van der Waals surface area contributed by atoms with Gasteiger partial charge in [0.25, 0.3) is 0 Å². The van der Waals surface area contributed by atoms with Gasteiger partial charge in [-0.3, -0.25) is 9.98 Å². The summed E-state index contributed by atoms with van der Waals surface area (Å²) in [5.74, 6) is -0.432. The summed E-state index contributed by atoms with van der Waals surface area (Å²) in [6.45, 7) is 0. The smallest absolute Gasteiger partial charge is 0.206 e. The molecule has 0 aromatic heterocycles. The summed E-state index contributed by atoms with van der Waals surface area (Å²) in [5.41, 5.74) is 2.18. The van der Waals surface area contributed by atoms with Crippen molar-refractivity contribution in [2.45, 2.75) is 9.79 Å². The van der Waals surface area contributed by atoms with Crippen LogP contribution in [0.25, 0.3) is 0 Å². The molecule has 0 atom stereocenters. The fourth-order valence-corrected chi connectivity index (χ4v) is 4.35. The van der Waals surface area contributed by atoms with Gasteiger partial charge >= 0.3 is 0 Å². The summed E-state index contributed by atoms with van der Waals surface area (Å²) in [7, 11) is -3.96. The molecule has 0 saturated heterocycles. The second kappa shape index (κ2) is 9.50. The first-order valence-corrected chi connectivity index (χ1v) is 11.5. The molecular formula is C26H20N2O4S. The summed E-state index contributed by atoms with van der Waals surface area (Å²) in [6.07, 6.45) is 2.93. The average Bonchev–Trinajstić information content (AvgIpc) is 2.83. The molecule has 0 amide bonds. The van der Waals surface area contributed by atoms with E-state index in [1.54, 1.807) is 0 Å². The highest BCUT2D eigenvalue weighted by Crippen LogP contribution is 2.29. The molecule has 0 aliphatic heterocycles. The van der Waals surface area contributed by atoms with E-state index in [1.165, 1.54) is 48.8 Å². The van der Waals surface area contributed by atoms with Gasteiger partial charge < -0.3 is 10.2 Å². The lowest BCUT2D eigenvalue weighted by Gasteiger charge is -2.08. The average molecular weight is 457 g/mol. The van der Waals surface area contributed by atoms with Gasteiger partial charge in [0.2, 0.25) is 9.84 Å². The minimum absolute atomic E-state index is 0.0954. The standard InChI is InChI=1S/C26H20N2O4S/c29-25-15-23(13-11-19(25)17-27-21-7-3-1-4-8-21)33(31,32)24-14-12-20(26(30)16-24)18-28-22-9-5-2-6-10-22/h1-18,29-30H. The maximum Gasteiger partial charge on any atom is 0.206 e. The monoisotopic (exact) mass is 456 g/mol. The molecule has 6 nitrogen and oxygen atoms in total. The zero-order chi connectivity index (χ0) is 23.3. The second-order valence-electron chi connectivity index (χ2n) is 7.13. The third-order valence-corrected chi connectivity index (χ3v) is 6.59. The molecule has 4 aromatic rings. The van der Waals surface area contributed by atoms with E-state index in [0.29, 0.717) is 22.5 Å². The van der Waals surface area contributed by atoms with Crippen LogP contribution in [0.5, 0.6) is 11.5 Å². The molecule has 33 heavy (non-hydrogen) atoms. The zero-order valence-electron chi connectivity index (χ0n) is 17.4. The van der Waals surface area contributed by atoms with Gasteiger partial charge in [0.15, 0.2) is 0 Å². The van der Waals surface area contributed by atoms with E-state index in [4.69, 9.17) is 0 Å². The Hall–Kier alpha value is -4.23. The number of benzene rings is 4. The highest BCUT2D eigenvalue weighted by Gasteiger charge is 2.20. The van der Waals surface area contributed by atoms with E-state index >= 15 is 0 Å². The lowest BCUT2D eigenvalue weighted by atomic mass is 10.2. The number of aliphatic imine (C=N–C) groups is 2. The lowest BCUT2D eigenvalue weighted by molar-refractivity contribution is 0.472. The van der Waals surface area contributed by atoms with Crippen molar-refractivity contribution in [3.05, 3.63) is 108 Å². The Kier molecular flexibility index (Phi) is 6.33. The fraction of sp³-hybridized carbons (Fsp3) is 0. The number of hydrogen-bond donors (Lipinski definition) is 2. The lowest BCUT2D eigenvalue weighted by Crippen LogP contribution is -2.03. The Morgan fingerprint density at radius 1 is 0.576 bits per heavy atom. The number of rotatable bonds is 6. The first-order chi connectivity index (χ1) is 15.9. The third-order valence-electron chi connectivity index (χ3n) is 4.84. The van der Waals surface area contributed by atoms with E-state index in [1.807, 2.05) is 60.7 Å². The summed E-state index contributed by atoms with van der Waals surface area (Å²) in [5, 5.41) is 20.7. The van der Waals surface area contributed by atoms with Crippen LogP contribution in [0.1, 0.15) is 11.1 Å². The van der Waals surface area contributed by atoms with Crippen molar-refractivity contribution < 1.29 is 18.6 Å². The fourth-order valence-electron chi connectivity index (χ4n) is 3.05. The van der Waals surface area contributed by atoms with E-state index in [0.717, 1.165) is 0 Å². The number of sulfone groups is 1. The molecule has 164 valence electrons. The Labute approximate surface area is 191 Å². The van der Waals surface area contributed by atoms with Crippen LogP contribution in [-0.4, -0.2) is 31.1 Å². The summed E-state index contributed by atoms with van der Waals surface area (Å²) >= 11 is 0. The molecule has 0 unspecified atom stereocenters. The van der Waals surface area contributed by atoms with Crippen LogP contribution in [0.4, 0.5) is 11.4 Å².